The van der Waals surface area contributed by atoms with Crippen molar-refractivity contribution in [1.29, 1.82) is 0 Å². The van der Waals surface area contributed by atoms with E-state index in [1.54, 1.807) is 32.4 Å². The summed E-state index contributed by atoms with van der Waals surface area (Å²) < 4.78 is 2.06. The lowest BCUT2D eigenvalue weighted by Crippen LogP contribution is -2.29. The molecule has 3 heterocycles. The Kier molecular flexibility index (Phi) is 4.52. The Morgan fingerprint density at radius 3 is 2.43 bits per heavy atom. The van der Waals surface area contributed by atoms with E-state index in [2.05, 4.69) is 56.0 Å². The van der Waals surface area contributed by atoms with Gasteiger partial charge in [0.05, 0.1) is 28.4 Å². The lowest BCUT2D eigenvalue weighted by molar-refractivity contribution is 0.0943. The Balaban J connectivity index is 1.76. The molecule has 4 rings (SSSR count). The third-order valence-electron chi connectivity index (χ3n) is 4.34. The van der Waals surface area contributed by atoms with Crippen LogP contribution in [0.2, 0.25) is 0 Å². The van der Waals surface area contributed by atoms with Crippen LogP contribution in [-0.4, -0.2) is 41.8 Å². The first-order valence-electron chi connectivity index (χ1n) is 9.09. The molecule has 7 heteroatoms. The van der Waals surface area contributed by atoms with Crippen molar-refractivity contribution in [3.05, 3.63) is 60.7 Å². The van der Waals surface area contributed by atoms with E-state index in [1.807, 2.05) is 12.3 Å². The summed E-state index contributed by atoms with van der Waals surface area (Å²) in [5.74, 6) is 1.21. The van der Waals surface area contributed by atoms with Gasteiger partial charge < -0.3 is 10.4 Å². The van der Waals surface area contributed by atoms with E-state index in [1.165, 1.54) is 5.56 Å². The molecule has 0 unspecified atom stereocenters. The number of aromatic nitrogens is 5. The summed E-state index contributed by atoms with van der Waals surface area (Å²) in [5.41, 5.74) is 3.93. The van der Waals surface area contributed by atoms with Crippen molar-refractivity contribution >= 4 is 17.0 Å². The summed E-state index contributed by atoms with van der Waals surface area (Å²) in [4.78, 5) is 17.8. The zero-order chi connectivity index (χ0) is 19.7. The number of fused-ring (bicyclic) bond motifs is 1. The van der Waals surface area contributed by atoms with Crippen molar-refractivity contribution in [2.24, 2.45) is 0 Å². The Bertz CT molecular complexity index is 1090. The van der Waals surface area contributed by atoms with Crippen molar-refractivity contribution in [2.45, 2.75) is 26.4 Å². The van der Waals surface area contributed by atoms with E-state index in [9.17, 15) is 5.11 Å². The smallest absolute Gasteiger partial charge is 0.222 e. The first-order valence-corrected chi connectivity index (χ1v) is 9.09. The number of imidazole rings is 1. The van der Waals surface area contributed by atoms with E-state index < -0.39 is 5.60 Å². The topological polar surface area (TPSA) is 88.8 Å². The van der Waals surface area contributed by atoms with E-state index in [0.29, 0.717) is 12.5 Å². The molecule has 7 nitrogen and oxygen atoms in total. The highest BCUT2D eigenvalue weighted by atomic mass is 16.3. The second-order valence-corrected chi connectivity index (χ2v) is 7.43. The lowest BCUT2D eigenvalue weighted by Gasteiger charge is -2.17. The first-order chi connectivity index (χ1) is 13.4. The van der Waals surface area contributed by atoms with Crippen molar-refractivity contribution in [3.63, 3.8) is 0 Å². The highest BCUT2D eigenvalue weighted by Gasteiger charge is 2.16. The molecule has 4 aromatic rings. The number of aryl methyl sites for hydroxylation is 1. The number of hydrogen-bond donors (Lipinski definition) is 2. The van der Waals surface area contributed by atoms with Gasteiger partial charge in [-0.2, -0.15) is 0 Å². The van der Waals surface area contributed by atoms with E-state index in [4.69, 9.17) is 4.98 Å². The molecule has 0 radical (unpaired) electrons. The molecule has 0 spiro atoms. The van der Waals surface area contributed by atoms with Crippen molar-refractivity contribution < 1.29 is 5.11 Å². The molecule has 0 fully saturated rings. The fraction of sp³-hybridized carbons (Fsp3) is 0.238. The summed E-state index contributed by atoms with van der Waals surface area (Å²) in [6.07, 6.45) is 7.02. The highest BCUT2D eigenvalue weighted by Crippen LogP contribution is 2.27. The second-order valence-electron chi connectivity index (χ2n) is 7.43. The zero-order valence-electron chi connectivity index (χ0n) is 16.1. The number of pyridine rings is 1. The minimum atomic E-state index is -0.839. The molecule has 0 amide bonds. The largest absolute Gasteiger partial charge is 0.389 e. The van der Waals surface area contributed by atoms with Gasteiger partial charge in [0.1, 0.15) is 5.82 Å². The Hall–Kier alpha value is -3.32. The van der Waals surface area contributed by atoms with Gasteiger partial charge in [0.2, 0.25) is 5.95 Å². The summed E-state index contributed by atoms with van der Waals surface area (Å²) >= 11 is 0. The monoisotopic (exact) mass is 374 g/mol. The van der Waals surface area contributed by atoms with Crippen molar-refractivity contribution in [1.82, 2.24) is 24.5 Å². The quantitative estimate of drug-likeness (QED) is 0.557. The Morgan fingerprint density at radius 2 is 1.75 bits per heavy atom. The summed E-state index contributed by atoms with van der Waals surface area (Å²) in [7, 11) is 0. The second kappa shape index (κ2) is 7.01. The molecule has 0 aliphatic heterocycles. The molecule has 0 bridgehead atoms. The predicted molar refractivity (Wildman–Crippen MR) is 109 cm³/mol. The Morgan fingerprint density at radius 1 is 1.04 bits per heavy atom. The molecular weight excluding hydrogens is 352 g/mol. The Labute approximate surface area is 163 Å². The number of hydrogen-bond acceptors (Lipinski definition) is 6. The summed E-state index contributed by atoms with van der Waals surface area (Å²) in [6, 6.07) is 10.2. The van der Waals surface area contributed by atoms with Gasteiger partial charge in [-0.25, -0.2) is 15.0 Å². The molecule has 3 aromatic heterocycles. The van der Waals surface area contributed by atoms with Crippen LogP contribution in [0.25, 0.3) is 28.1 Å². The van der Waals surface area contributed by atoms with Crippen LogP contribution < -0.4 is 5.32 Å². The van der Waals surface area contributed by atoms with Crippen LogP contribution in [-0.2, 0) is 0 Å². The molecule has 0 atom stereocenters. The molecule has 0 saturated heterocycles. The van der Waals surface area contributed by atoms with Gasteiger partial charge in [0.25, 0.3) is 0 Å². The van der Waals surface area contributed by atoms with Gasteiger partial charge in [-0.05, 0) is 39.0 Å². The van der Waals surface area contributed by atoms with Crippen LogP contribution in [0.5, 0.6) is 0 Å². The lowest BCUT2D eigenvalue weighted by atomic mass is 10.1. The number of benzene rings is 1. The number of rotatable bonds is 5. The zero-order valence-corrected chi connectivity index (χ0v) is 16.1. The molecule has 0 aliphatic rings. The average molecular weight is 374 g/mol. The number of aliphatic hydroxyl groups is 1. The maximum absolute atomic E-state index is 9.84. The van der Waals surface area contributed by atoms with E-state index >= 15 is 0 Å². The molecule has 0 aliphatic carbocycles. The normalized spacial score (nSPS) is 11.7. The minimum Gasteiger partial charge on any atom is -0.389 e. The van der Waals surface area contributed by atoms with Crippen LogP contribution in [0.1, 0.15) is 19.4 Å². The van der Waals surface area contributed by atoms with Gasteiger partial charge in [-0.15, -0.1) is 0 Å². The molecule has 1 aromatic carbocycles. The van der Waals surface area contributed by atoms with E-state index in [0.717, 1.165) is 28.1 Å². The third-order valence-corrected chi connectivity index (χ3v) is 4.34. The van der Waals surface area contributed by atoms with Crippen LogP contribution in [0, 0.1) is 6.92 Å². The van der Waals surface area contributed by atoms with Gasteiger partial charge in [0.15, 0.2) is 0 Å². The molecule has 142 valence electrons. The van der Waals surface area contributed by atoms with E-state index in [-0.39, 0.29) is 0 Å². The fourth-order valence-corrected chi connectivity index (χ4v) is 2.90. The maximum Gasteiger partial charge on any atom is 0.222 e. The van der Waals surface area contributed by atoms with Crippen molar-refractivity contribution in [3.8, 4) is 17.1 Å². The molecular formula is C21H22N6O. The maximum atomic E-state index is 9.84. The average Bonchev–Trinajstić information content (AvgIpc) is 3.06. The van der Waals surface area contributed by atoms with Gasteiger partial charge in [-0.1, -0.05) is 17.7 Å². The van der Waals surface area contributed by atoms with Crippen LogP contribution >= 0.6 is 0 Å². The molecule has 28 heavy (non-hydrogen) atoms. The van der Waals surface area contributed by atoms with Gasteiger partial charge in [0, 0.05) is 30.8 Å². The van der Waals surface area contributed by atoms with Gasteiger partial charge >= 0.3 is 0 Å². The predicted octanol–water partition coefficient (Wildman–Crippen LogP) is 3.37. The van der Waals surface area contributed by atoms with Gasteiger partial charge in [-0.3, -0.25) is 9.55 Å². The van der Waals surface area contributed by atoms with Crippen molar-refractivity contribution in [2.75, 3.05) is 11.9 Å². The summed E-state index contributed by atoms with van der Waals surface area (Å²) in [5, 5.41) is 12.9. The number of nitrogens with one attached hydrogen (secondary N) is 1. The first kappa shape index (κ1) is 18.1. The van der Waals surface area contributed by atoms with Crippen LogP contribution in [0.4, 0.5) is 5.95 Å². The SMILES string of the molecule is Cc1ccc(-n2c(-c3cnc(NCC(C)(C)O)nc3)nc3ccncc32)cc1. The highest BCUT2D eigenvalue weighted by molar-refractivity contribution is 5.82. The standard InChI is InChI=1S/C21H22N6O/c1-14-4-6-16(7-5-14)27-18-12-22-9-8-17(18)26-19(27)15-10-23-20(24-11-15)25-13-21(2,3)28/h4-12,28H,13H2,1-3H3,(H,23,24,25). The molecule has 0 saturated carbocycles. The van der Waals surface area contributed by atoms with Crippen LogP contribution in [0.15, 0.2) is 55.1 Å². The summed E-state index contributed by atoms with van der Waals surface area (Å²) in [6.45, 7) is 5.88. The number of anilines is 1. The third kappa shape index (κ3) is 3.70. The van der Waals surface area contributed by atoms with Crippen LogP contribution in [0.3, 0.4) is 0 Å². The minimum absolute atomic E-state index is 0.361. The fourth-order valence-electron chi connectivity index (χ4n) is 2.90. The number of nitrogens with zero attached hydrogens (tertiary/aromatic N) is 5. The molecule has 2 N–H and O–H groups in total.